The lowest BCUT2D eigenvalue weighted by Gasteiger charge is -2.45. The number of quaternary nitrogens is 1. The van der Waals surface area contributed by atoms with Crippen molar-refractivity contribution in [3.05, 3.63) is 107 Å². The van der Waals surface area contributed by atoms with Gasteiger partial charge in [0.2, 0.25) is 0 Å². The van der Waals surface area contributed by atoms with Gasteiger partial charge in [0.05, 0.1) is 13.1 Å². The fourth-order valence-electron chi connectivity index (χ4n) is 5.90. The molecule has 0 aromatic heterocycles. The molecule has 186 valence electrons. The fraction of sp³-hybridized carbons (Fsp3) is 0.471. The van der Waals surface area contributed by atoms with E-state index in [2.05, 4.69) is 120 Å². The summed E-state index contributed by atoms with van der Waals surface area (Å²) in [6.45, 7) is 18.6. The SMILES string of the molecule is CC(C)(C)c1ccc(CC2CCC[N+](Cc3ccccc3)(Cc3ccc(C(C)(C)C)cc3)C2)cc1. The van der Waals surface area contributed by atoms with Crippen LogP contribution < -0.4 is 0 Å². The van der Waals surface area contributed by atoms with E-state index >= 15 is 0 Å². The molecule has 0 saturated carbocycles. The van der Waals surface area contributed by atoms with Gasteiger partial charge < -0.3 is 4.48 Å². The molecule has 1 heteroatoms. The Hall–Kier alpha value is -2.38. The van der Waals surface area contributed by atoms with Gasteiger partial charge in [0.15, 0.2) is 0 Å². The molecule has 3 aromatic rings. The first-order valence-electron chi connectivity index (χ1n) is 13.6. The van der Waals surface area contributed by atoms with Crippen molar-refractivity contribution in [2.45, 2.75) is 84.7 Å². The summed E-state index contributed by atoms with van der Waals surface area (Å²) < 4.78 is 1.17. The van der Waals surface area contributed by atoms with Crippen LogP contribution >= 0.6 is 0 Å². The molecule has 1 nitrogen and oxygen atoms in total. The van der Waals surface area contributed by atoms with Gasteiger partial charge in [0, 0.05) is 17.0 Å². The molecule has 1 aliphatic heterocycles. The molecule has 0 amide bonds. The minimum Gasteiger partial charge on any atom is -0.316 e. The summed E-state index contributed by atoms with van der Waals surface area (Å²) in [6.07, 6.45) is 3.86. The van der Waals surface area contributed by atoms with Gasteiger partial charge in [-0.2, -0.15) is 0 Å². The van der Waals surface area contributed by atoms with E-state index in [4.69, 9.17) is 0 Å². The summed E-state index contributed by atoms with van der Waals surface area (Å²) in [5, 5.41) is 0. The summed E-state index contributed by atoms with van der Waals surface area (Å²) in [7, 11) is 0. The number of benzene rings is 3. The monoisotopic (exact) mass is 468 g/mol. The van der Waals surface area contributed by atoms with E-state index < -0.39 is 0 Å². The van der Waals surface area contributed by atoms with Crippen molar-refractivity contribution < 1.29 is 4.48 Å². The van der Waals surface area contributed by atoms with Crippen LogP contribution in [0.1, 0.15) is 82.2 Å². The van der Waals surface area contributed by atoms with Gasteiger partial charge in [0.1, 0.15) is 13.1 Å². The van der Waals surface area contributed by atoms with Crippen molar-refractivity contribution in [1.82, 2.24) is 0 Å². The third-order valence-corrected chi connectivity index (χ3v) is 7.93. The minimum atomic E-state index is 0.202. The molecule has 0 bridgehead atoms. The predicted octanol–water partition coefficient (Wildman–Crippen LogP) is 8.45. The number of likely N-dealkylation sites (tertiary alicyclic amines) is 1. The Morgan fingerprint density at radius 3 is 1.63 bits per heavy atom. The lowest BCUT2D eigenvalue weighted by molar-refractivity contribution is -0.961. The molecule has 2 atom stereocenters. The number of rotatable bonds is 6. The second-order valence-electron chi connectivity index (χ2n) is 13.2. The smallest absolute Gasteiger partial charge is 0.105 e. The molecule has 1 saturated heterocycles. The number of nitrogens with zero attached hydrogens (tertiary/aromatic N) is 1. The van der Waals surface area contributed by atoms with Crippen LogP contribution in [0, 0.1) is 5.92 Å². The first kappa shape index (κ1) is 25.7. The van der Waals surface area contributed by atoms with Gasteiger partial charge in [-0.3, -0.25) is 0 Å². The average Bonchev–Trinajstić information content (AvgIpc) is 2.79. The van der Waals surface area contributed by atoms with Crippen LogP contribution in [0.3, 0.4) is 0 Å². The average molecular weight is 469 g/mol. The van der Waals surface area contributed by atoms with Crippen molar-refractivity contribution >= 4 is 0 Å². The second-order valence-corrected chi connectivity index (χ2v) is 13.2. The first-order valence-corrected chi connectivity index (χ1v) is 13.6. The molecule has 4 rings (SSSR count). The molecule has 1 heterocycles. The Balaban J connectivity index is 1.54. The molecule has 0 N–H and O–H groups in total. The van der Waals surface area contributed by atoms with Crippen LogP contribution in [-0.2, 0) is 30.3 Å². The molecule has 2 unspecified atom stereocenters. The van der Waals surface area contributed by atoms with Crippen molar-refractivity contribution in [1.29, 1.82) is 0 Å². The summed E-state index contributed by atoms with van der Waals surface area (Å²) in [5.74, 6) is 0.738. The Kier molecular flexibility index (Phi) is 7.57. The molecule has 0 aliphatic carbocycles. The van der Waals surface area contributed by atoms with Crippen LogP contribution in [0.2, 0.25) is 0 Å². The largest absolute Gasteiger partial charge is 0.316 e. The summed E-state index contributed by atoms with van der Waals surface area (Å²) >= 11 is 0. The van der Waals surface area contributed by atoms with E-state index in [0.717, 1.165) is 19.0 Å². The topological polar surface area (TPSA) is 0 Å². The van der Waals surface area contributed by atoms with Crippen molar-refractivity contribution in [2.75, 3.05) is 13.1 Å². The zero-order valence-corrected chi connectivity index (χ0v) is 23.0. The summed E-state index contributed by atoms with van der Waals surface area (Å²) in [4.78, 5) is 0. The van der Waals surface area contributed by atoms with E-state index in [1.165, 1.54) is 64.7 Å². The van der Waals surface area contributed by atoms with Gasteiger partial charge in [-0.1, -0.05) is 120 Å². The summed E-state index contributed by atoms with van der Waals surface area (Å²) in [5.41, 5.74) is 7.71. The van der Waals surface area contributed by atoms with Gasteiger partial charge in [-0.05, 0) is 46.8 Å². The minimum absolute atomic E-state index is 0.202. The quantitative estimate of drug-likeness (QED) is 0.318. The molecule has 1 aliphatic rings. The Labute approximate surface area is 214 Å². The van der Waals surface area contributed by atoms with Crippen molar-refractivity contribution in [2.24, 2.45) is 5.92 Å². The lowest BCUT2D eigenvalue weighted by Crippen LogP contribution is -2.53. The highest BCUT2D eigenvalue weighted by atomic mass is 15.4. The highest BCUT2D eigenvalue weighted by Gasteiger charge is 2.35. The van der Waals surface area contributed by atoms with E-state index in [0.29, 0.717) is 0 Å². The van der Waals surface area contributed by atoms with Crippen LogP contribution in [0.4, 0.5) is 0 Å². The highest BCUT2D eigenvalue weighted by molar-refractivity contribution is 5.28. The molecule has 3 aromatic carbocycles. The molecule has 0 radical (unpaired) electrons. The van der Waals surface area contributed by atoms with Crippen LogP contribution in [0.15, 0.2) is 78.9 Å². The molecule has 0 spiro atoms. The Bertz CT molecular complexity index is 1060. The standard InChI is InChI=1S/C34H46N/c1-33(2,3)31-18-14-27(15-19-31)23-30-13-10-22-35(26-30,24-28-11-8-7-9-12-28)25-29-16-20-32(21-17-29)34(4,5)6/h7-9,11-12,14-21,30H,10,13,22-26H2,1-6H3/q+1. The van der Waals surface area contributed by atoms with E-state index in [9.17, 15) is 0 Å². The number of hydrogen-bond acceptors (Lipinski definition) is 0. The van der Waals surface area contributed by atoms with Crippen molar-refractivity contribution in [3.8, 4) is 0 Å². The van der Waals surface area contributed by atoms with Crippen LogP contribution in [0.25, 0.3) is 0 Å². The molecular weight excluding hydrogens is 422 g/mol. The normalized spacial score (nSPS) is 21.1. The lowest BCUT2D eigenvalue weighted by atomic mass is 9.84. The number of piperidine rings is 1. The maximum Gasteiger partial charge on any atom is 0.105 e. The van der Waals surface area contributed by atoms with E-state index in [1.807, 2.05) is 0 Å². The summed E-state index contributed by atoms with van der Waals surface area (Å²) in [6, 6.07) is 30.1. The fourth-order valence-corrected chi connectivity index (χ4v) is 5.90. The molecule has 35 heavy (non-hydrogen) atoms. The van der Waals surface area contributed by atoms with Crippen molar-refractivity contribution in [3.63, 3.8) is 0 Å². The van der Waals surface area contributed by atoms with Gasteiger partial charge in [0.25, 0.3) is 0 Å². The zero-order chi connectivity index (χ0) is 25.1. The van der Waals surface area contributed by atoms with Gasteiger partial charge in [-0.15, -0.1) is 0 Å². The van der Waals surface area contributed by atoms with Crippen LogP contribution in [0.5, 0.6) is 0 Å². The van der Waals surface area contributed by atoms with Gasteiger partial charge >= 0.3 is 0 Å². The highest BCUT2D eigenvalue weighted by Crippen LogP contribution is 2.32. The number of hydrogen-bond donors (Lipinski definition) is 0. The van der Waals surface area contributed by atoms with Crippen LogP contribution in [-0.4, -0.2) is 17.6 Å². The second kappa shape index (κ2) is 10.3. The Morgan fingerprint density at radius 1 is 0.629 bits per heavy atom. The molecular formula is C34H46N+. The third kappa shape index (κ3) is 6.85. The Morgan fingerprint density at radius 2 is 1.11 bits per heavy atom. The first-order chi connectivity index (χ1) is 16.5. The maximum atomic E-state index is 2.39. The van der Waals surface area contributed by atoms with E-state index in [-0.39, 0.29) is 10.8 Å². The van der Waals surface area contributed by atoms with Gasteiger partial charge in [-0.25, -0.2) is 0 Å². The third-order valence-electron chi connectivity index (χ3n) is 7.93. The predicted molar refractivity (Wildman–Crippen MR) is 151 cm³/mol. The maximum absolute atomic E-state index is 2.39. The van der Waals surface area contributed by atoms with E-state index in [1.54, 1.807) is 0 Å². The molecule has 1 fully saturated rings. The zero-order valence-electron chi connectivity index (χ0n) is 23.0.